The van der Waals surface area contributed by atoms with E-state index in [-0.39, 0.29) is 17.0 Å². The number of nitrogens with one attached hydrogen (secondary N) is 1. The van der Waals surface area contributed by atoms with Gasteiger partial charge in [0.2, 0.25) is 0 Å². The van der Waals surface area contributed by atoms with Crippen LogP contribution in [0, 0.1) is 12.1 Å². The third-order valence-corrected chi connectivity index (χ3v) is 8.13. The van der Waals surface area contributed by atoms with Crippen molar-refractivity contribution >= 4 is 20.9 Å². The van der Waals surface area contributed by atoms with Gasteiger partial charge in [-0.25, -0.2) is 18.1 Å². The number of aromatic nitrogens is 3. The van der Waals surface area contributed by atoms with Crippen LogP contribution in [0.5, 0.6) is 11.5 Å². The van der Waals surface area contributed by atoms with Crippen molar-refractivity contribution in [1.82, 2.24) is 9.97 Å². The fraction of sp³-hybridized carbons (Fsp3) is 0.217. The van der Waals surface area contributed by atoms with Gasteiger partial charge in [0, 0.05) is 23.5 Å². The molecule has 34 heavy (non-hydrogen) atoms. The van der Waals surface area contributed by atoms with Crippen LogP contribution in [0.2, 0.25) is 0 Å². The average Bonchev–Trinajstić information content (AvgIpc) is 3.27. The first-order chi connectivity index (χ1) is 15.8. The average molecular weight is 491 g/mol. The van der Waals surface area contributed by atoms with Crippen LogP contribution in [0.3, 0.4) is 0 Å². The van der Waals surface area contributed by atoms with Gasteiger partial charge >= 0.3 is 6.18 Å². The molecule has 0 spiro atoms. The van der Waals surface area contributed by atoms with E-state index in [2.05, 4.69) is 9.97 Å². The Morgan fingerprint density at radius 2 is 1.71 bits per heavy atom. The molecule has 3 aromatic heterocycles. The number of alkyl halides is 3. The number of halogens is 3. The molecular weight excluding hydrogens is 471 g/mol. The number of hydrogen-bond acceptors (Lipinski definition) is 5. The minimum absolute atomic E-state index is 0.195. The Hall–Kier alpha value is -3.60. The largest absolute Gasteiger partial charge is 0.710 e. The van der Waals surface area contributed by atoms with Gasteiger partial charge in [0.15, 0.2) is 14.6 Å². The van der Waals surface area contributed by atoms with E-state index in [1.807, 2.05) is 0 Å². The second-order valence-corrected chi connectivity index (χ2v) is 10.7. The minimum Gasteiger partial charge on any atom is -0.710 e. The highest BCUT2D eigenvalue weighted by Crippen LogP contribution is 2.43. The molecule has 0 unspecified atom stereocenters. The van der Waals surface area contributed by atoms with Crippen molar-refractivity contribution in [1.29, 1.82) is 0 Å². The molecular formula is C23H20F3N3O4S. The summed E-state index contributed by atoms with van der Waals surface area (Å²) < 4.78 is 70.5. The van der Waals surface area contributed by atoms with Gasteiger partial charge in [-0.2, -0.15) is 13.2 Å². The van der Waals surface area contributed by atoms with Crippen molar-refractivity contribution < 1.29 is 31.1 Å². The van der Waals surface area contributed by atoms with Gasteiger partial charge in [-0.3, -0.25) is 4.98 Å². The van der Waals surface area contributed by atoms with Gasteiger partial charge in [-0.15, -0.1) is 0 Å². The van der Waals surface area contributed by atoms with Crippen LogP contribution < -0.4 is 9.47 Å². The maximum absolute atomic E-state index is 13.6. The molecule has 4 aromatic rings. The summed E-state index contributed by atoms with van der Waals surface area (Å²) in [5.74, 6) is 0.583. The third-order valence-electron chi connectivity index (χ3n) is 5.68. The number of nitrogens with zero attached hydrogens (tertiary/aromatic N) is 2. The highest BCUT2D eigenvalue weighted by Gasteiger charge is 2.57. The van der Waals surface area contributed by atoms with Crippen LogP contribution in [-0.4, -0.2) is 29.3 Å². The molecule has 0 radical (unpaired) electrons. The molecule has 1 aromatic carbocycles. The monoisotopic (exact) mass is 491 g/mol. The zero-order valence-corrected chi connectivity index (χ0v) is 19.2. The molecule has 0 fully saturated rings. The number of rotatable bonds is 5. The number of ether oxygens (including phenoxy) is 1. The highest BCUT2D eigenvalue weighted by molar-refractivity contribution is 7.92. The lowest BCUT2D eigenvalue weighted by atomic mass is 10.0. The van der Waals surface area contributed by atoms with Crippen LogP contribution in [0.4, 0.5) is 13.2 Å². The van der Waals surface area contributed by atoms with Crippen LogP contribution in [0.25, 0.3) is 22.2 Å². The Bertz CT molecular complexity index is 1480. The van der Waals surface area contributed by atoms with E-state index in [9.17, 15) is 26.8 Å². The normalized spacial score (nSPS) is 12.8. The molecule has 0 atom stereocenters. The Balaban J connectivity index is 1.99. The van der Waals surface area contributed by atoms with Gasteiger partial charge < -0.3 is 9.94 Å². The topological polar surface area (TPSA) is 99.0 Å². The second kappa shape index (κ2) is 8.01. The highest BCUT2D eigenvalue weighted by atomic mass is 32.2. The molecule has 1 N–H and O–H groups in total. The number of fused-ring (bicyclic) bond motifs is 1. The minimum atomic E-state index is -5.00. The third kappa shape index (κ3) is 3.75. The number of H-pyrrole nitrogens is 1. The quantitative estimate of drug-likeness (QED) is 0.310. The number of aromatic amines is 1. The van der Waals surface area contributed by atoms with Gasteiger partial charge in [0.25, 0.3) is 5.65 Å². The van der Waals surface area contributed by atoms with Crippen LogP contribution in [0.15, 0.2) is 66.0 Å². The zero-order chi connectivity index (χ0) is 24.9. The summed E-state index contributed by atoms with van der Waals surface area (Å²) >= 11 is 0. The summed E-state index contributed by atoms with van der Waals surface area (Å²) in [4.78, 5) is 6.22. The first kappa shape index (κ1) is 23.6. The first-order valence-electron chi connectivity index (χ1n) is 10.1. The predicted octanol–water partition coefficient (Wildman–Crippen LogP) is 5.08. The molecule has 3 heterocycles. The Morgan fingerprint density at radius 1 is 1.03 bits per heavy atom. The lowest BCUT2D eigenvalue weighted by Gasteiger charge is -2.28. The van der Waals surface area contributed by atoms with Gasteiger partial charge in [-0.1, -0.05) is 0 Å². The number of sulfone groups is 1. The van der Waals surface area contributed by atoms with Gasteiger partial charge in [0.1, 0.15) is 17.2 Å². The molecule has 0 saturated carbocycles. The molecule has 0 aliphatic rings. The van der Waals surface area contributed by atoms with Crippen molar-refractivity contribution in [3.05, 3.63) is 72.0 Å². The van der Waals surface area contributed by atoms with E-state index in [0.717, 1.165) is 12.1 Å². The van der Waals surface area contributed by atoms with Crippen molar-refractivity contribution in [2.24, 2.45) is 0 Å². The first-order valence-corrected chi connectivity index (χ1v) is 11.6. The van der Waals surface area contributed by atoms with Crippen molar-refractivity contribution in [3.8, 4) is 22.6 Å². The van der Waals surface area contributed by atoms with Gasteiger partial charge in [0.05, 0.1) is 16.5 Å². The predicted molar refractivity (Wildman–Crippen MR) is 119 cm³/mol. The maximum Gasteiger partial charge on any atom is 0.408 e. The van der Waals surface area contributed by atoms with E-state index < -0.39 is 25.7 Å². The molecule has 0 amide bonds. The zero-order valence-electron chi connectivity index (χ0n) is 18.3. The lowest BCUT2D eigenvalue weighted by Crippen LogP contribution is -2.46. The summed E-state index contributed by atoms with van der Waals surface area (Å²) in [7, 11) is -4.84. The fourth-order valence-corrected chi connectivity index (χ4v) is 4.86. The van der Waals surface area contributed by atoms with Crippen LogP contribution in [-0.2, 0) is 9.84 Å². The van der Waals surface area contributed by atoms with Crippen LogP contribution in [0.1, 0.15) is 19.5 Å². The van der Waals surface area contributed by atoms with Crippen molar-refractivity contribution in [2.75, 3.05) is 0 Å². The Kier molecular flexibility index (Phi) is 5.55. The smallest absolute Gasteiger partial charge is 0.408 e. The van der Waals surface area contributed by atoms with Crippen molar-refractivity contribution in [2.45, 2.75) is 36.6 Å². The lowest BCUT2D eigenvalue weighted by molar-refractivity contribution is -0.586. The summed E-state index contributed by atoms with van der Waals surface area (Å²) in [6, 6.07) is 9.85. The molecule has 11 heteroatoms. The molecule has 7 nitrogen and oxygen atoms in total. The van der Waals surface area contributed by atoms with E-state index in [1.54, 1.807) is 31.3 Å². The Morgan fingerprint density at radius 3 is 2.35 bits per heavy atom. The summed E-state index contributed by atoms with van der Waals surface area (Å²) in [5, 5.41) is 12.9. The standard InChI is InChI=1S/C23H20F3N3O4S/c1-14-12-18(17-8-11-28-21(17)29(14)30)19-13-16(34(31,32)22(2,3)23(24,25)26)4-5-20(19)33-15-6-9-27-10-7-15/h4-13,28H,1-3H3. The molecule has 0 aliphatic carbocycles. The van der Waals surface area contributed by atoms with E-state index in [4.69, 9.17) is 4.74 Å². The van der Waals surface area contributed by atoms with E-state index in [0.29, 0.717) is 41.0 Å². The summed E-state index contributed by atoms with van der Waals surface area (Å²) in [6.07, 6.45) is -0.462. The van der Waals surface area contributed by atoms with E-state index >= 15 is 0 Å². The Labute approximate surface area is 193 Å². The fourth-order valence-electron chi connectivity index (χ4n) is 3.45. The maximum atomic E-state index is 13.6. The second-order valence-electron chi connectivity index (χ2n) is 8.19. The SMILES string of the molecule is Cc1cc(-c2cc(S(=O)(=O)C(C)(C)C(F)(F)F)ccc2Oc2ccncc2)c2cc[nH]c2[n+]1[O-]. The molecule has 0 saturated heterocycles. The van der Waals surface area contributed by atoms with Crippen LogP contribution >= 0.6 is 0 Å². The molecule has 4 rings (SSSR count). The number of benzene rings is 1. The summed E-state index contributed by atoms with van der Waals surface area (Å²) in [6.45, 7) is 2.81. The van der Waals surface area contributed by atoms with Crippen molar-refractivity contribution in [3.63, 3.8) is 0 Å². The van der Waals surface area contributed by atoms with E-state index in [1.165, 1.54) is 24.5 Å². The molecule has 0 aliphatic heterocycles. The number of pyridine rings is 2. The number of hydrogen-bond donors (Lipinski definition) is 1. The summed E-state index contributed by atoms with van der Waals surface area (Å²) in [5.41, 5.74) is 1.15. The molecule has 0 bridgehead atoms. The number of aryl methyl sites for hydroxylation is 1. The van der Waals surface area contributed by atoms with Gasteiger partial charge in [-0.05, 0) is 63.2 Å². The molecule has 178 valence electrons.